The number of amides is 4. The smallest absolute Gasteiger partial charge is 0.326 e. The van der Waals surface area contributed by atoms with Crippen molar-refractivity contribution in [3.05, 3.63) is 69.8 Å². The van der Waals surface area contributed by atoms with Gasteiger partial charge in [0.25, 0.3) is 5.91 Å². The summed E-state index contributed by atoms with van der Waals surface area (Å²) in [6, 6.07) is 12.9. The van der Waals surface area contributed by atoms with E-state index >= 15 is 0 Å². The fourth-order valence-corrected chi connectivity index (χ4v) is 2.72. The molecule has 1 aliphatic heterocycles. The van der Waals surface area contributed by atoms with Crippen molar-refractivity contribution >= 4 is 52.8 Å². The molecule has 6 nitrogen and oxygen atoms in total. The Morgan fingerprint density at radius 2 is 1.59 bits per heavy atom. The summed E-state index contributed by atoms with van der Waals surface area (Å²) in [7, 11) is 0. The number of halogens is 2. The molecular weight excluding hydrogens is 389 g/mol. The molecule has 4 amide bonds. The summed E-state index contributed by atoms with van der Waals surface area (Å²) < 4.78 is 0. The van der Waals surface area contributed by atoms with Crippen LogP contribution < -0.4 is 10.6 Å². The van der Waals surface area contributed by atoms with E-state index in [0.717, 1.165) is 10.5 Å². The molecular formula is C19H15Cl2N3O3. The number of imide groups is 1. The summed E-state index contributed by atoms with van der Waals surface area (Å²) in [5, 5.41) is 6.34. The first-order chi connectivity index (χ1) is 12.9. The number of urea groups is 1. The van der Waals surface area contributed by atoms with Crippen molar-refractivity contribution < 1.29 is 14.4 Å². The summed E-state index contributed by atoms with van der Waals surface area (Å²) in [6.07, 6.45) is 1.54. The molecule has 0 atom stereocenters. The van der Waals surface area contributed by atoms with Gasteiger partial charge in [-0.05, 0) is 48.0 Å². The minimum absolute atomic E-state index is 0.0178. The zero-order valence-corrected chi connectivity index (χ0v) is 15.6. The van der Waals surface area contributed by atoms with Gasteiger partial charge in [0.2, 0.25) is 5.91 Å². The number of anilines is 1. The van der Waals surface area contributed by atoms with Crippen LogP contribution in [0.5, 0.6) is 0 Å². The predicted octanol–water partition coefficient (Wildman–Crippen LogP) is 3.91. The van der Waals surface area contributed by atoms with Gasteiger partial charge in [-0.1, -0.05) is 35.3 Å². The van der Waals surface area contributed by atoms with E-state index in [9.17, 15) is 14.4 Å². The van der Waals surface area contributed by atoms with Crippen molar-refractivity contribution in [2.45, 2.75) is 6.42 Å². The van der Waals surface area contributed by atoms with Gasteiger partial charge < -0.3 is 10.6 Å². The molecule has 1 fully saturated rings. The molecule has 3 rings (SSSR count). The molecule has 2 aromatic carbocycles. The number of hydrogen-bond acceptors (Lipinski definition) is 3. The van der Waals surface area contributed by atoms with Crippen LogP contribution in [0.25, 0.3) is 6.08 Å². The quantitative estimate of drug-likeness (QED) is 0.586. The lowest BCUT2D eigenvalue weighted by Gasteiger charge is -2.11. The molecule has 0 spiro atoms. The van der Waals surface area contributed by atoms with Crippen LogP contribution in [-0.4, -0.2) is 29.3 Å². The van der Waals surface area contributed by atoms with E-state index in [4.69, 9.17) is 23.2 Å². The van der Waals surface area contributed by atoms with Crippen molar-refractivity contribution in [3.63, 3.8) is 0 Å². The van der Waals surface area contributed by atoms with Crippen molar-refractivity contribution in [2.75, 3.05) is 11.9 Å². The van der Waals surface area contributed by atoms with Crippen LogP contribution in [0.1, 0.15) is 12.0 Å². The SMILES string of the molecule is O=C(CCN1C(=O)N/C(=C\c2ccc(Cl)cc2)C1=O)Nc1ccc(Cl)cc1. The maximum Gasteiger partial charge on any atom is 0.329 e. The molecule has 0 aliphatic carbocycles. The van der Waals surface area contributed by atoms with Gasteiger partial charge in [0, 0.05) is 28.7 Å². The third kappa shape index (κ3) is 4.87. The largest absolute Gasteiger partial charge is 0.329 e. The second kappa shape index (κ2) is 8.24. The second-order valence-corrected chi connectivity index (χ2v) is 6.67. The average Bonchev–Trinajstić information content (AvgIpc) is 2.90. The molecule has 0 unspecified atom stereocenters. The molecule has 2 aromatic rings. The minimum atomic E-state index is -0.556. The minimum Gasteiger partial charge on any atom is -0.326 e. The monoisotopic (exact) mass is 403 g/mol. The third-order valence-corrected chi connectivity index (χ3v) is 4.34. The molecule has 0 saturated carbocycles. The Balaban J connectivity index is 1.59. The number of hydrogen-bond donors (Lipinski definition) is 2. The van der Waals surface area contributed by atoms with Crippen molar-refractivity contribution in [3.8, 4) is 0 Å². The molecule has 1 aliphatic rings. The lowest BCUT2D eigenvalue weighted by Crippen LogP contribution is -2.33. The zero-order chi connectivity index (χ0) is 19.4. The number of carbonyl (C=O) groups excluding carboxylic acids is 3. The molecule has 0 radical (unpaired) electrons. The summed E-state index contributed by atoms with van der Waals surface area (Å²) in [6.45, 7) is -0.0257. The molecule has 1 heterocycles. The third-order valence-electron chi connectivity index (χ3n) is 3.83. The van der Waals surface area contributed by atoms with Crippen LogP contribution in [0.2, 0.25) is 10.0 Å². The van der Waals surface area contributed by atoms with Gasteiger partial charge >= 0.3 is 6.03 Å². The molecule has 27 heavy (non-hydrogen) atoms. The zero-order valence-electron chi connectivity index (χ0n) is 14.0. The summed E-state index contributed by atoms with van der Waals surface area (Å²) in [5.41, 5.74) is 1.47. The molecule has 0 bridgehead atoms. The molecule has 8 heteroatoms. The molecule has 1 saturated heterocycles. The van der Waals surface area contributed by atoms with E-state index in [1.54, 1.807) is 54.6 Å². The lowest BCUT2D eigenvalue weighted by molar-refractivity contribution is -0.123. The van der Waals surface area contributed by atoms with Gasteiger partial charge in [0.1, 0.15) is 5.70 Å². The highest BCUT2D eigenvalue weighted by atomic mass is 35.5. The van der Waals surface area contributed by atoms with E-state index < -0.39 is 11.9 Å². The fraction of sp³-hybridized carbons (Fsp3) is 0.105. The number of carbonyl (C=O) groups is 3. The maximum absolute atomic E-state index is 12.4. The van der Waals surface area contributed by atoms with Crippen molar-refractivity contribution in [1.29, 1.82) is 0 Å². The average molecular weight is 404 g/mol. The highest BCUT2D eigenvalue weighted by Gasteiger charge is 2.33. The van der Waals surface area contributed by atoms with Gasteiger partial charge in [-0.25, -0.2) is 4.79 Å². The molecule has 138 valence electrons. The summed E-state index contributed by atoms with van der Waals surface area (Å²) >= 11 is 11.6. The van der Waals surface area contributed by atoms with Gasteiger partial charge in [0.05, 0.1) is 0 Å². The van der Waals surface area contributed by atoms with Gasteiger partial charge in [0.15, 0.2) is 0 Å². The van der Waals surface area contributed by atoms with E-state index in [0.29, 0.717) is 15.7 Å². The van der Waals surface area contributed by atoms with Crippen LogP contribution in [0.3, 0.4) is 0 Å². The van der Waals surface area contributed by atoms with Crippen molar-refractivity contribution in [2.24, 2.45) is 0 Å². The summed E-state index contributed by atoms with van der Waals surface area (Å²) in [5.74, 6) is -0.790. The van der Waals surface area contributed by atoms with Crippen LogP contribution in [-0.2, 0) is 9.59 Å². The number of benzene rings is 2. The predicted molar refractivity (Wildman–Crippen MR) is 104 cm³/mol. The summed E-state index contributed by atoms with van der Waals surface area (Å²) in [4.78, 5) is 37.5. The fourth-order valence-electron chi connectivity index (χ4n) is 2.47. The highest BCUT2D eigenvalue weighted by molar-refractivity contribution is 6.30. The first-order valence-electron chi connectivity index (χ1n) is 8.08. The Hall–Kier alpha value is -2.83. The number of nitrogens with one attached hydrogen (secondary N) is 2. The highest BCUT2D eigenvalue weighted by Crippen LogP contribution is 2.17. The van der Waals surface area contributed by atoms with E-state index in [1.165, 1.54) is 0 Å². The lowest BCUT2D eigenvalue weighted by atomic mass is 10.2. The van der Waals surface area contributed by atoms with Crippen LogP contribution in [0, 0.1) is 0 Å². The van der Waals surface area contributed by atoms with E-state index in [-0.39, 0.29) is 24.6 Å². The van der Waals surface area contributed by atoms with Gasteiger partial charge in [-0.3, -0.25) is 14.5 Å². The molecule has 2 N–H and O–H groups in total. The Kier molecular flexibility index (Phi) is 5.78. The number of rotatable bonds is 5. The van der Waals surface area contributed by atoms with Crippen LogP contribution in [0.15, 0.2) is 54.2 Å². The standard InChI is InChI=1S/C19H15Cl2N3O3/c20-13-3-1-12(2-4-13)11-16-18(26)24(19(27)23-16)10-9-17(25)22-15-7-5-14(21)6-8-15/h1-8,11H,9-10H2,(H,22,25)(H,23,27)/b16-11-. The first-order valence-corrected chi connectivity index (χ1v) is 8.83. The van der Waals surface area contributed by atoms with E-state index in [1.807, 2.05) is 0 Å². The Morgan fingerprint density at radius 3 is 2.22 bits per heavy atom. The van der Waals surface area contributed by atoms with Gasteiger partial charge in [-0.15, -0.1) is 0 Å². The first kappa shape index (κ1) is 18.9. The Morgan fingerprint density at radius 1 is 1.00 bits per heavy atom. The number of nitrogens with zero attached hydrogens (tertiary/aromatic N) is 1. The topological polar surface area (TPSA) is 78.5 Å². The van der Waals surface area contributed by atoms with Gasteiger partial charge in [-0.2, -0.15) is 0 Å². The Labute approximate surface area is 165 Å². The second-order valence-electron chi connectivity index (χ2n) is 5.80. The van der Waals surface area contributed by atoms with Crippen molar-refractivity contribution in [1.82, 2.24) is 10.2 Å². The van der Waals surface area contributed by atoms with E-state index in [2.05, 4.69) is 10.6 Å². The van der Waals surface area contributed by atoms with Crippen LogP contribution in [0.4, 0.5) is 10.5 Å². The Bertz CT molecular complexity index is 909. The maximum atomic E-state index is 12.4. The molecule has 0 aromatic heterocycles. The normalized spacial score (nSPS) is 15.2. The van der Waals surface area contributed by atoms with Crippen LogP contribution >= 0.6 is 23.2 Å².